The van der Waals surface area contributed by atoms with Crippen LogP contribution in [0.15, 0.2) is 0 Å². The third-order valence-corrected chi connectivity index (χ3v) is 3.77. The first-order valence-electron chi connectivity index (χ1n) is 7.79. The Morgan fingerprint density at radius 2 is 1.70 bits per heavy atom. The third-order valence-electron chi connectivity index (χ3n) is 3.77. The fraction of sp³-hybridized carbons (Fsp3) is 0.750. The van der Waals surface area contributed by atoms with Gasteiger partial charge in [0.15, 0.2) is 11.6 Å². The van der Waals surface area contributed by atoms with Crippen LogP contribution in [0, 0.1) is 0 Å². The maximum Gasteiger partial charge on any atom is 0.230 e. The number of carbonyl (C=O) groups is 4. The van der Waals surface area contributed by atoms with Gasteiger partial charge in [-0.2, -0.15) is 0 Å². The molecule has 0 N–H and O–H groups in total. The van der Waals surface area contributed by atoms with Crippen LogP contribution in [0.4, 0.5) is 0 Å². The molecular formula is C16H25NO6. The number of imide groups is 1. The van der Waals surface area contributed by atoms with Crippen LogP contribution in [0.2, 0.25) is 0 Å². The SMILES string of the molecule is COCCOC(C)(C)C(=O)CCCC(=O)CN1C(=O)CCC1=O. The summed E-state index contributed by atoms with van der Waals surface area (Å²) >= 11 is 0. The van der Waals surface area contributed by atoms with Gasteiger partial charge in [0.1, 0.15) is 5.60 Å². The molecule has 1 aliphatic rings. The van der Waals surface area contributed by atoms with Crippen molar-refractivity contribution in [3.63, 3.8) is 0 Å². The number of hydrogen-bond donors (Lipinski definition) is 0. The van der Waals surface area contributed by atoms with Crippen LogP contribution >= 0.6 is 0 Å². The summed E-state index contributed by atoms with van der Waals surface area (Å²) in [4.78, 5) is 47.8. The first kappa shape index (κ1) is 19.4. The van der Waals surface area contributed by atoms with E-state index in [1.807, 2.05) is 0 Å². The van der Waals surface area contributed by atoms with Crippen molar-refractivity contribution in [3.05, 3.63) is 0 Å². The largest absolute Gasteiger partial charge is 0.382 e. The van der Waals surface area contributed by atoms with E-state index in [0.29, 0.717) is 19.6 Å². The molecule has 1 saturated heterocycles. The van der Waals surface area contributed by atoms with E-state index < -0.39 is 5.60 Å². The van der Waals surface area contributed by atoms with Crippen molar-refractivity contribution in [3.8, 4) is 0 Å². The van der Waals surface area contributed by atoms with Gasteiger partial charge in [-0.05, 0) is 20.3 Å². The number of amides is 2. The molecule has 0 unspecified atom stereocenters. The Labute approximate surface area is 136 Å². The van der Waals surface area contributed by atoms with Crippen molar-refractivity contribution >= 4 is 23.4 Å². The lowest BCUT2D eigenvalue weighted by atomic mass is 9.98. The minimum absolute atomic E-state index is 0.0882. The molecule has 0 bridgehead atoms. The molecule has 0 spiro atoms. The van der Waals surface area contributed by atoms with Crippen molar-refractivity contribution in [2.75, 3.05) is 26.9 Å². The van der Waals surface area contributed by atoms with Crippen LogP contribution in [-0.4, -0.2) is 60.8 Å². The van der Waals surface area contributed by atoms with Gasteiger partial charge in [0.2, 0.25) is 11.8 Å². The second kappa shape index (κ2) is 8.88. The Morgan fingerprint density at radius 3 is 2.26 bits per heavy atom. The lowest BCUT2D eigenvalue weighted by Gasteiger charge is -2.23. The van der Waals surface area contributed by atoms with Gasteiger partial charge in [-0.1, -0.05) is 0 Å². The highest BCUT2D eigenvalue weighted by Gasteiger charge is 2.31. The lowest BCUT2D eigenvalue weighted by molar-refractivity contribution is -0.143. The Kier molecular flexibility index (Phi) is 7.51. The molecule has 0 aromatic heterocycles. The number of methoxy groups -OCH3 is 1. The molecule has 1 aliphatic heterocycles. The van der Waals surface area contributed by atoms with Crippen LogP contribution in [0.1, 0.15) is 46.0 Å². The van der Waals surface area contributed by atoms with E-state index in [1.54, 1.807) is 21.0 Å². The van der Waals surface area contributed by atoms with Gasteiger partial charge in [0, 0.05) is 32.8 Å². The number of rotatable bonds is 11. The van der Waals surface area contributed by atoms with E-state index in [1.165, 1.54) is 0 Å². The number of ether oxygens (including phenoxy) is 2. The second-order valence-electron chi connectivity index (χ2n) is 6.04. The topological polar surface area (TPSA) is 90.0 Å². The van der Waals surface area contributed by atoms with Crippen molar-refractivity contribution < 1.29 is 28.7 Å². The highest BCUT2D eigenvalue weighted by atomic mass is 16.5. The quantitative estimate of drug-likeness (QED) is 0.413. The van der Waals surface area contributed by atoms with Crippen LogP contribution in [0.25, 0.3) is 0 Å². The molecule has 0 aromatic carbocycles. The zero-order valence-corrected chi connectivity index (χ0v) is 14.1. The summed E-state index contributed by atoms with van der Waals surface area (Å²) in [7, 11) is 1.56. The molecule has 0 saturated carbocycles. The molecule has 0 radical (unpaired) electrons. The molecule has 130 valence electrons. The summed E-state index contributed by atoms with van der Waals surface area (Å²) in [6.07, 6.45) is 1.12. The van der Waals surface area contributed by atoms with Crippen molar-refractivity contribution in [2.24, 2.45) is 0 Å². The molecule has 0 aromatic rings. The van der Waals surface area contributed by atoms with Crippen LogP contribution in [0.3, 0.4) is 0 Å². The first-order valence-corrected chi connectivity index (χ1v) is 7.79. The minimum atomic E-state index is -0.914. The smallest absolute Gasteiger partial charge is 0.230 e. The average molecular weight is 327 g/mol. The van der Waals surface area contributed by atoms with Crippen molar-refractivity contribution in [1.82, 2.24) is 4.90 Å². The average Bonchev–Trinajstić information content (AvgIpc) is 2.79. The molecule has 0 aliphatic carbocycles. The van der Waals surface area contributed by atoms with Gasteiger partial charge < -0.3 is 9.47 Å². The monoisotopic (exact) mass is 327 g/mol. The molecule has 1 heterocycles. The zero-order chi connectivity index (χ0) is 17.5. The summed E-state index contributed by atoms with van der Waals surface area (Å²) in [6.45, 7) is 3.93. The van der Waals surface area contributed by atoms with Crippen LogP contribution < -0.4 is 0 Å². The van der Waals surface area contributed by atoms with Crippen LogP contribution in [-0.2, 0) is 28.7 Å². The van der Waals surface area contributed by atoms with E-state index >= 15 is 0 Å². The summed E-state index contributed by atoms with van der Waals surface area (Å²) in [5.41, 5.74) is -0.914. The fourth-order valence-corrected chi connectivity index (χ4v) is 2.26. The number of Topliss-reactive ketones (excluding diaryl/α,β-unsaturated/α-hetero) is 2. The Morgan fingerprint density at radius 1 is 1.09 bits per heavy atom. The van der Waals surface area contributed by atoms with Gasteiger partial charge >= 0.3 is 0 Å². The third kappa shape index (κ3) is 6.19. The highest BCUT2D eigenvalue weighted by molar-refractivity contribution is 6.04. The summed E-state index contributed by atoms with van der Waals surface area (Å²) in [6, 6.07) is 0. The normalized spacial score (nSPS) is 15.3. The number of likely N-dealkylation sites (tertiary alicyclic amines) is 1. The highest BCUT2D eigenvalue weighted by Crippen LogP contribution is 2.16. The minimum Gasteiger partial charge on any atom is -0.382 e. The van der Waals surface area contributed by atoms with Crippen molar-refractivity contribution in [2.45, 2.75) is 51.6 Å². The molecule has 23 heavy (non-hydrogen) atoms. The van der Waals surface area contributed by atoms with Gasteiger partial charge in [-0.15, -0.1) is 0 Å². The van der Waals surface area contributed by atoms with Gasteiger partial charge in [0.25, 0.3) is 0 Å². The Bertz CT molecular complexity index is 455. The van der Waals surface area contributed by atoms with Crippen molar-refractivity contribution in [1.29, 1.82) is 0 Å². The maximum absolute atomic E-state index is 12.1. The Hall–Kier alpha value is -1.60. The predicted molar refractivity (Wildman–Crippen MR) is 81.7 cm³/mol. The second-order valence-corrected chi connectivity index (χ2v) is 6.04. The first-order chi connectivity index (χ1) is 10.8. The van der Waals surface area contributed by atoms with Gasteiger partial charge in [-0.25, -0.2) is 0 Å². The summed E-state index contributed by atoms with van der Waals surface area (Å²) < 4.78 is 10.3. The van der Waals surface area contributed by atoms with E-state index in [2.05, 4.69) is 0 Å². The fourth-order valence-electron chi connectivity index (χ4n) is 2.26. The van der Waals surface area contributed by atoms with E-state index in [4.69, 9.17) is 9.47 Å². The zero-order valence-electron chi connectivity index (χ0n) is 14.1. The summed E-state index contributed by atoms with van der Waals surface area (Å²) in [5, 5.41) is 0. The molecule has 0 atom stereocenters. The summed E-state index contributed by atoms with van der Waals surface area (Å²) in [5.74, 6) is -0.895. The molecule has 2 amide bonds. The van der Waals surface area contributed by atoms with Gasteiger partial charge in [-0.3, -0.25) is 24.1 Å². The lowest BCUT2D eigenvalue weighted by Crippen LogP contribution is -2.36. The standard InChI is InChI=1S/C16H25NO6/c1-16(2,23-10-9-22-3)13(19)6-4-5-12(18)11-17-14(20)7-8-15(17)21/h4-11H2,1-3H3. The number of hydrogen-bond acceptors (Lipinski definition) is 6. The molecule has 7 nitrogen and oxygen atoms in total. The number of nitrogens with zero attached hydrogens (tertiary/aromatic N) is 1. The van der Waals surface area contributed by atoms with E-state index in [0.717, 1.165) is 4.90 Å². The number of carbonyl (C=O) groups excluding carboxylic acids is 4. The number of ketones is 2. The molecule has 1 fully saturated rings. The van der Waals surface area contributed by atoms with E-state index in [-0.39, 0.29) is 55.6 Å². The van der Waals surface area contributed by atoms with Gasteiger partial charge in [0.05, 0.1) is 19.8 Å². The Balaban J connectivity index is 2.29. The maximum atomic E-state index is 12.1. The van der Waals surface area contributed by atoms with E-state index in [9.17, 15) is 19.2 Å². The van der Waals surface area contributed by atoms with Crippen LogP contribution in [0.5, 0.6) is 0 Å². The molecule has 1 rings (SSSR count). The molecular weight excluding hydrogens is 302 g/mol. The predicted octanol–water partition coefficient (Wildman–Crippen LogP) is 0.885. The molecule has 7 heteroatoms.